The van der Waals surface area contributed by atoms with Crippen molar-refractivity contribution in [2.24, 2.45) is 4.99 Å². The fourth-order valence-corrected chi connectivity index (χ4v) is 3.15. The summed E-state index contributed by atoms with van der Waals surface area (Å²) in [5.74, 6) is -1.45. The first kappa shape index (κ1) is 15.8. The van der Waals surface area contributed by atoms with E-state index in [4.69, 9.17) is 5.11 Å². The number of carbonyl (C=O) groups is 1. The molecule has 0 spiro atoms. The first-order valence-electron chi connectivity index (χ1n) is 5.67. The number of carboxylic acids is 1. The van der Waals surface area contributed by atoms with Crippen molar-refractivity contribution in [3.05, 3.63) is 49.5 Å². The number of hydrogen-bond donors (Lipinski definition) is 3. The Morgan fingerprint density at radius 2 is 1.95 bits per heavy atom. The number of rotatable bonds is 3. The van der Waals surface area contributed by atoms with Gasteiger partial charge in [0.1, 0.15) is 17.1 Å². The van der Waals surface area contributed by atoms with Gasteiger partial charge in [-0.2, -0.15) is 0 Å². The van der Waals surface area contributed by atoms with Gasteiger partial charge in [-0.15, -0.1) is 0 Å². The molecule has 0 fully saturated rings. The van der Waals surface area contributed by atoms with Crippen molar-refractivity contribution in [2.75, 3.05) is 0 Å². The van der Waals surface area contributed by atoms with Gasteiger partial charge in [0.15, 0.2) is 0 Å². The fraction of sp³-hybridized carbons (Fsp3) is 0. The Bertz CT molecular complexity index is 746. The molecule has 0 saturated heterocycles. The van der Waals surface area contributed by atoms with Gasteiger partial charge in [-0.05, 0) is 52.9 Å². The third-order valence-electron chi connectivity index (χ3n) is 2.62. The SMILES string of the molecule is O=C(O)c1cc(N=Cc2cc(Br)cc(I)c2O)ccc1O. The molecule has 108 valence electrons. The van der Waals surface area contributed by atoms with E-state index in [0.29, 0.717) is 14.8 Å². The number of phenols is 2. The number of nitrogens with zero attached hydrogens (tertiary/aromatic N) is 1. The van der Waals surface area contributed by atoms with Crippen molar-refractivity contribution in [1.29, 1.82) is 0 Å². The molecular formula is C14H9BrINO4. The molecule has 0 aliphatic carbocycles. The van der Waals surface area contributed by atoms with Crippen LogP contribution in [0.4, 0.5) is 5.69 Å². The second-order valence-electron chi connectivity index (χ2n) is 4.09. The summed E-state index contributed by atoms with van der Waals surface area (Å²) in [5, 5.41) is 28.3. The van der Waals surface area contributed by atoms with Crippen LogP contribution >= 0.6 is 38.5 Å². The fourth-order valence-electron chi connectivity index (χ4n) is 1.60. The molecule has 0 heterocycles. The maximum absolute atomic E-state index is 10.9. The molecule has 0 aromatic heterocycles. The van der Waals surface area contributed by atoms with Gasteiger partial charge in [-0.3, -0.25) is 4.99 Å². The van der Waals surface area contributed by atoms with Crippen LogP contribution in [0.1, 0.15) is 15.9 Å². The smallest absolute Gasteiger partial charge is 0.339 e. The van der Waals surface area contributed by atoms with Gasteiger partial charge in [-0.1, -0.05) is 15.9 Å². The molecule has 7 heteroatoms. The summed E-state index contributed by atoms with van der Waals surface area (Å²) < 4.78 is 1.46. The van der Waals surface area contributed by atoms with E-state index in [2.05, 4.69) is 20.9 Å². The topological polar surface area (TPSA) is 90.1 Å². The molecule has 2 aromatic carbocycles. The Kier molecular flexibility index (Phi) is 4.84. The van der Waals surface area contributed by atoms with Crippen molar-refractivity contribution >= 4 is 56.4 Å². The van der Waals surface area contributed by atoms with Gasteiger partial charge in [-0.25, -0.2) is 4.79 Å². The molecule has 2 aromatic rings. The third-order valence-corrected chi connectivity index (χ3v) is 3.90. The van der Waals surface area contributed by atoms with E-state index >= 15 is 0 Å². The summed E-state index contributed by atoms with van der Waals surface area (Å²) in [6.07, 6.45) is 1.43. The zero-order chi connectivity index (χ0) is 15.6. The zero-order valence-corrected chi connectivity index (χ0v) is 14.2. The van der Waals surface area contributed by atoms with Crippen LogP contribution in [0.5, 0.6) is 11.5 Å². The van der Waals surface area contributed by atoms with Crippen LogP contribution in [0.25, 0.3) is 0 Å². The quantitative estimate of drug-likeness (QED) is 0.477. The van der Waals surface area contributed by atoms with Gasteiger partial charge < -0.3 is 15.3 Å². The number of aromatic hydroxyl groups is 2. The maximum Gasteiger partial charge on any atom is 0.339 e. The predicted octanol–water partition coefficient (Wildman–Crippen LogP) is 3.91. The third kappa shape index (κ3) is 3.73. The standard InChI is InChI=1S/C14H9BrINO4/c15-8-3-7(13(19)11(16)4-8)6-17-9-1-2-12(18)10(5-9)14(20)21/h1-6,18-19H,(H,20,21). The first-order chi connectivity index (χ1) is 9.88. The highest BCUT2D eigenvalue weighted by Gasteiger charge is 2.10. The highest BCUT2D eigenvalue weighted by Crippen LogP contribution is 2.28. The summed E-state index contributed by atoms with van der Waals surface area (Å²) in [4.78, 5) is 15.1. The number of carboxylic acid groups (broad SMARTS) is 1. The Labute approximate surface area is 142 Å². The van der Waals surface area contributed by atoms with Crippen LogP contribution in [-0.2, 0) is 0 Å². The van der Waals surface area contributed by atoms with E-state index in [9.17, 15) is 15.0 Å². The van der Waals surface area contributed by atoms with Crippen LogP contribution in [0, 0.1) is 3.57 Å². The first-order valence-corrected chi connectivity index (χ1v) is 7.54. The molecular weight excluding hydrogens is 453 g/mol. The van der Waals surface area contributed by atoms with Crippen molar-refractivity contribution in [2.45, 2.75) is 0 Å². The lowest BCUT2D eigenvalue weighted by molar-refractivity contribution is 0.0694. The van der Waals surface area contributed by atoms with E-state index < -0.39 is 5.97 Å². The number of aliphatic imine (C=N–C) groups is 1. The molecule has 3 N–H and O–H groups in total. The number of halogens is 2. The Morgan fingerprint density at radius 1 is 1.24 bits per heavy atom. The Hall–Kier alpha value is -1.61. The van der Waals surface area contributed by atoms with E-state index in [0.717, 1.165) is 4.47 Å². The average Bonchev–Trinajstić information content (AvgIpc) is 2.42. The van der Waals surface area contributed by atoms with Gasteiger partial charge in [0.25, 0.3) is 0 Å². The molecule has 0 saturated carbocycles. The minimum absolute atomic E-state index is 0.0970. The summed E-state index contributed by atoms with van der Waals surface area (Å²) >= 11 is 5.32. The summed E-state index contributed by atoms with van der Waals surface area (Å²) in [6.45, 7) is 0. The van der Waals surface area contributed by atoms with Crippen molar-refractivity contribution < 1.29 is 20.1 Å². The number of hydrogen-bond acceptors (Lipinski definition) is 4. The molecule has 0 atom stereocenters. The molecule has 21 heavy (non-hydrogen) atoms. The van der Waals surface area contributed by atoms with Crippen molar-refractivity contribution in [3.63, 3.8) is 0 Å². The zero-order valence-electron chi connectivity index (χ0n) is 10.4. The lowest BCUT2D eigenvalue weighted by atomic mass is 10.2. The number of phenolic OH excluding ortho intramolecular Hbond substituents is 1. The van der Waals surface area contributed by atoms with Crippen LogP contribution in [0.15, 0.2) is 39.8 Å². The largest absolute Gasteiger partial charge is 0.507 e. The molecule has 0 aliphatic heterocycles. The minimum atomic E-state index is -1.23. The van der Waals surface area contributed by atoms with Gasteiger partial charge in [0.05, 0.1) is 9.26 Å². The Morgan fingerprint density at radius 3 is 2.62 bits per heavy atom. The normalized spacial score (nSPS) is 11.0. The van der Waals surface area contributed by atoms with Crippen molar-refractivity contribution in [1.82, 2.24) is 0 Å². The second kappa shape index (κ2) is 6.44. The molecule has 5 nitrogen and oxygen atoms in total. The van der Waals surface area contributed by atoms with E-state index in [-0.39, 0.29) is 17.1 Å². The van der Waals surface area contributed by atoms with Gasteiger partial charge >= 0.3 is 5.97 Å². The van der Waals surface area contributed by atoms with Crippen LogP contribution in [-0.4, -0.2) is 27.5 Å². The second-order valence-corrected chi connectivity index (χ2v) is 6.17. The van der Waals surface area contributed by atoms with Crippen molar-refractivity contribution in [3.8, 4) is 11.5 Å². The van der Waals surface area contributed by atoms with Gasteiger partial charge in [0, 0.05) is 16.3 Å². The van der Waals surface area contributed by atoms with Crippen LogP contribution in [0.3, 0.4) is 0 Å². The lowest BCUT2D eigenvalue weighted by Gasteiger charge is -2.03. The molecule has 2 rings (SSSR count). The lowest BCUT2D eigenvalue weighted by Crippen LogP contribution is -1.96. The van der Waals surface area contributed by atoms with Crippen LogP contribution < -0.4 is 0 Å². The molecule has 0 unspecified atom stereocenters. The van der Waals surface area contributed by atoms with E-state index in [1.54, 1.807) is 12.1 Å². The predicted molar refractivity (Wildman–Crippen MR) is 90.8 cm³/mol. The minimum Gasteiger partial charge on any atom is -0.507 e. The Balaban J connectivity index is 2.38. The van der Waals surface area contributed by atoms with E-state index in [1.807, 2.05) is 22.6 Å². The van der Waals surface area contributed by atoms with Gasteiger partial charge in [0.2, 0.25) is 0 Å². The molecule has 0 bridgehead atoms. The maximum atomic E-state index is 10.9. The molecule has 0 radical (unpaired) electrons. The summed E-state index contributed by atoms with van der Waals surface area (Å²) in [6, 6.07) is 7.46. The monoisotopic (exact) mass is 461 g/mol. The van der Waals surface area contributed by atoms with E-state index in [1.165, 1.54) is 24.4 Å². The molecule has 0 amide bonds. The highest BCUT2D eigenvalue weighted by molar-refractivity contribution is 14.1. The summed E-state index contributed by atoms with van der Waals surface area (Å²) in [7, 11) is 0. The summed E-state index contributed by atoms with van der Waals surface area (Å²) in [5.41, 5.74) is 0.635. The molecule has 0 aliphatic rings. The average molecular weight is 462 g/mol. The van der Waals surface area contributed by atoms with Crippen LogP contribution in [0.2, 0.25) is 0 Å². The number of benzene rings is 2. The number of aromatic carboxylic acids is 1. The highest BCUT2D eigenvalue weighted by atomic mass is 127.